The van der Waals surface area contributed by atoms with Crippen LogP contribution in [0.2, 0.25) is 0 Å². The summed E-state index contributed by atoms with van der Waals surface area (Å²) < 4.78 is 0. The van der Waals surface area contributed by atoms with E-state index in [0.717, 1.165) is 44.4 Å². The average Bonchev–Trinajstić information content (AvgIpc) is 2.66. The quantitative estimate of drug-likeness (QED) is 0.769. The van der Waals surface area contributed by atoms with Crippen LogP contribution in [0.3, 0.4) is 0 Å². The molecule has 4 heteroatoms. The van der Waals surface area contributed by atoms with Crippen molar-refractivity contribution in [3.05, 3.63) is 46.6 Å². The lowest BCUT2D eigenvalue weighted by molar-refractivity contribution is -0.132. The van der Waals surface area contributed by atoms with Crippen LogP contribution in [0.1, 0.15) is 58.3 Å². The Kier molecular flexibility index (Phi) is 6.37. The van der Waals surface area contributed by atoms with Gasteiger partial charge in [0.2, 0.25) is 0 Å². The van der Waals surface area contributed by atoms with Crippen LogP contribution in [0.5, 0.6) is 0 Å². The van der Waals surface area contributed by atoms with E-state index in [4.69, 9.17) is 10.1 Å². The number of hydrogen-bond donors (Lipinski definition) is 1. The monoisotopic (exact) mass is 352 g/mol. The Hall–Kier alpha value is -2.23. The molecule has 0 saturated carbocycles. The third-order valence-corrected chi connectivity index (χ3v) is 5.20. The minimum absolute atomic E-state index is 0.487. The van der Waals surface area contributed by atoms with Crippen LogP contribution in [0.4, 0.5) is 0 Å². The van der Waals surface area contributed by atoms with E-state index in [1.165, 1.54) is 35.3 Å². The minimum atomic E-state index is -0.813. The highest BCUT2D eigenvalue weighted by Crippen LogP contribution is 2.21. The molecule has 0 amide bonds. The summed E-state index contributed by atoms with van der Waals surface area (Å²) in [7, 11) is 0. The summed E-state index contributed by atoms with van der Waals surface area (Å²) in [6.45, 7) is 3.67. The molecule has 0 radical (unpaired) electrons. The molecular weight excluding hydrogens is 324 g/mol. The summed E-state index contributed by atoms with van der Waals surface area (Å²) in [5, 5.41) is 9.10. The molecule has 0 atom stereocenters. The first-order chi connectivity index (χ1) is 12.6. The van der Waals surface area contributed by atoms with Crippen molar-refractivity contribution >= 4 is 17.4 Å². The van der Waals surface area contributed by atoms with Gasteiger partial charge in [0.1, 0.15) is 0 Å². The second-order valence-corrected chi connectivity index (χ2v) is 7.44. The molecule has 4 nitrogen and oxygen atoms in total. The van der Waals surface area contributed by atoms with Gasteiger partial charge in [-0.2, -0.15) is 0 Å². The fourth-order valence-corrected chi connectivity index (χ4v) is 3.59. The molecule has 3 aliphatic carbocycles. The summed E-state index contributed by atoms with van der Waals surface area (Å²) >= 11 is 0. The van der Waals surface area contributed by atoms with Gasteiger partial charge in [-0.1, -0.05) is 17.7 Å². The van der Waals surface area contributed by atoms with Gasteiger partial charge in [-0.05, 0) is 81.6 Å². The zero-order valence-corrected chi connectivity index (χ0v) is 15.6. The summed E-state index contributed by atoms with van der Waals surface area (Å²) in [5.41, 5.74) is 6.80. The number of aliphatic carboxylic acids is 1. The SMILES string of the molecule is CC1=CC(=NCC2=CC=C(CN=C3C=C(C(=O)O)CCC3)CC2)CCC1. The molecule has 0 spiro atoms. The van der Waals surface area contributed by atoms with Crippen molar-refractivity contribution in [3.8, 4) is 0 Å². The molecule has 138 valence electrons. The van der Waals surface area contributed by atoms with Crippen molar-refractivity contribution in [1.82, 2.24) is 0 Å². The molecule has 0 bridgehead atoms. The molecule has 3 aliphatic rings. The lowest BCUT2D eigenvalue weighted by Gasteiger charge is -2.15. The van der Waals surface area contributed by atoms with Gasteiger partial charge >= 0.3 is 5.97 Å². The predicted molar refractivity (Wildman–Crippen MR) is 107 cm³/mol. The molecule has 0 aromatic carbocycles. The smallest absolute Gasteiger partial charge is 0.331 e. The molecular formula is C22H28N2O2. The van der Waals surface area contributed by atoms with Crippen molar-refractivity contribution in [1.29, 1.82) is 0 Å². The maximum Gasteiger partial charge on any atom is 0.331 e. The maximum atomic E-state index is 11.1. The number of allylic oxidation sites excluding steroid dienone is 5. The fraction of sp³-hybridized carbons (Fsp3) is 0.500. The minimum Gasteiger partial charge on any atom is -0.478 e. The Morgan fingerprint density at radius 3 is 2.00 bits per heavy atom. The van der Waals surface area contributed by atoms with Crippen LogP contribution in [0.25, 0.3) is 0 Å². The first-order valence-corrected chi connectivity index (χ1v) is 9.65. The predicted octanol–water partition coefficient (Wildman–Crippen LogP) is 4.84. The first-order valence-electron chi connectivity index (χ1n) is 9.65. The number of carboxylic acids is 1. The van der Waals surface area contributed by atoms with Gasteiger partial charge in [0, 0.05) is 17.0 Å². The topological polar surface area (TPSA) is 62.0 Å². The highest BCUT2D eigenvalue weighted by Gasteiger charge is 2.14. The van der Waals surface area contributed by atoms with Crippen LogP contribution in [0, 0.1) is 0 Å². The number of aliphatic imine (C=N–C) groups is 2. The lowest BCUT2D eigenvalue weighted by Crippen LogP contribution is -2.11. The molecule has 0 aliphatic heterocycles. The fourth-order valence-electron chi connectivity index (χ4n) is 3.59. The highest BCUT2D eigenvalue weighted by atomic mass is 16.4. The van der Waals surface area contributed by atoms with Gasteiger partial charge in [-0.25, -0.2) is 4.79 Å². The number of rotatable bonds is 5. The van der Waals surface area contributed by atoms with Crippen molar-refractivity contribution in [3.63, 3.8) is 0 Å². The van der Waals surface area contributed by atoms with Gasteiger partial charge < -0.3 is 5.11 Å². The molecule has 3 rings (SSSR count). The zero-order chi connectivity index (χ0) is 18.4. The zero-order valence-electron chi connectivity index (χ0n) is 15.6. The molecule has 1 N–H and O–H groups in total. The van der Waals surface area contributed by atoms with E-state index >= 15 is 0 Å². The third-order valence-electron chi connectivity index (χ3n) is 5.20. The Balaban J connectivity index is 1.56. The van der Waals surface area contributed by atoms with E-state index in [9.17, 15) is 4.79 Å². The number of carboxylic acid groups (broad SMARTS) is 1. The molecule has 0 aromatic heterocycles. The van der Waals surface area contributed by atoms with Gasteiger partial charge in [0.25, 0.3) is 0 Å². The van der Waals surface area contributed by atoms with E-state index < -0.39 is 5.97 Å². The van der Waals surface area contributed by atoms with Crippen LogP contribution in [0.15, 0.2) is 56.6 Å². The standard InChI is InChI=1S/C22H28N2O2/c1-16-4-2-6-20(12-16)23-14-17-8-10-18(11-9-17)15-24-21-7-3-5-19(13-21)22(25)26/h8,10,12-13H,2-7,9,11,14-15H2,1H3,(H,25,26). The van der Waals surface area contributed by atoms with E-state index in [1.54, 1.807) is 6.08 Å². The Morgan fingerprint density at radius 2 is 1.46 bits per heavy atom. The van der Waals surface area contributed by atoms with Crippen LogP contribution >= 0.6 is 0 Å². The molecule has 0 unspecified atom stereocenters. The number of hydrogen-bond acceptors (Lipinski definition) is 3. The molecule has 26 heavy (non-hydrogen) atoms. The van der Waals surface area contributed by atoms with E-state index in [1.807, 2.05) is 0 Å². The largest absolute Gasteiger partial charge is 0.478 e. The van der Waals surface area contributed by atoms with Crippen molar-refractivity contribution < 1.29 is 9.90 Å². The lowest BCUT2D eigenvalue weighted by atomic mass is 9.96. The van der Waals surface area contributed by atoms with Gasteiger partial charge in [-0.15, -0.1) is 0 Å². The molecule has 0 fully saturated rings. The third kappa shape index (κ3) is 5.38. The Labute approximate surface area is 155 Å². The second kappa shape index (κ2) is 8.93. The molecule has 0 heterocycles. The van der Waals surface area contributed by atoms with Crippen molar-refractivity contribution in [2.75, 3.05) is 13.1 Å². The molecule has 0 saturated heterocycles. The maximum absolute atomic E-state index is 11.1. The first kappa shape index (κ1) is 18.6. The average molecular weight is 352 g/mol. The second-order valence-electron chi connectivity index (χ2n) is 7.44. The van der Waals surface area contributed by atoms with Crippen LogP contribution in [-0.4, -0.2) is 35.6 Å². The van der Waals surface area contributed by atoms with Gasteiger partial charge in [0.15, 0.2) is 0 Å². The van der Waals surface area contributed by atoms with E-state index in [2.05, 4.69) is 30.1 Å². The van der Waals surface area contributed by atoms with Gasteiger partial charge in [0.05, 0.1) is 13.1 Å². The summed E-state index contributed by atoms with van der Waals surface area (Å²) in [4.78, 5) is 20.5. The van der Waals surface area contributed by atoms with Crippen molar-refractivity contribution in [2.45, 2.75) is 58.3 Å². The Bertz CT molecular complexity index is 748. The summed E-state index contributed by atoms with van der Waals surface area (Å²) in [6.07, 6.45) is 16.4. The van der Waals surface area contributed by atoms with Crippen molar-refractivity contribution in [2.24, 2.45) is 9.98 Å². The number of nitrogens with zero attached hydrogens (tertiary/aromatic N) is 2. The highest BCUT2D eigenvalue weighted by molar-refractivity contribution is 6.03. The summed E-state index contributed by atoms with van der Waals surface area (Å²) in [6, 6.07) is 0. The summed E-state index contributed by atoms with van der Waals surface area (Å²) in [5.74, 6) is -0.813. The van der Waals surface area contributed by atoms with Gasteiger partial charge in [-0.3, -0.25) is 9.98 Å². The number of carbonyl (C=O) groups is 1. The molecule has 0 aromatic rings. The normalized spacial score (nSPS) is 24.0. The van der Waals surface area contributed by atoms with E-state index in [-0.39, 0.29) is 0 Å². The Morgan fingerprint density at radius 1 is 0.885 bits per heavy atom. The van der Waals surface area contributed by atoms with Crippen LogP contribution in [-0.2, 0) is 4.79 Å². The van der Waals surface area contributed by atoms with E-state index in [0.29, 0.717) is 18.5 Å². The van der Waals surface area contributed by atoms with Crippen LogP contribution < -0.4 is 0 Å².